The molecule has 2 atom stereocenters. The van der Waals surface area contributed by atoms with Crippen LogP contribution in [0.4, 0.5) is 0 Å². The Balaban J connectivity index is 2.88. The van der Waals surface area contributed by atoms with Gasteiger partial charge in [0.05, 0.1) is 10.9 Å². The largest absolute Gasteiger partial charge is 0.369 e. The third-order valence-electron chi connectivity index (χ3n) is 4.24. The van der Waals surface area contributed by atoms with Gasteiger partial charge in [-0.3, -0.25) is 9.59 Å². The van der Waals surface area contributed by atoms with Crippen molar-refractivity contribution in [3.63, 3.8) is 0 Å². The summed E-state index contributed by atoms with van der Waals surface area (Å²) >= 11 is 0.830. The van der Waals surface area contributed by atoms with Crippen LogP contribution in [0.15, 0.2) is 10.3 Å². The molecule has 0 radical (unpaired) electrons. The van der Waals surface area contributed by atoms with Gasteiger partial charge in [0.15, 0.2) is 0 Å². The lowest BCUT2D eigenvalue weighted by Crippen LogP contribution is -2.53. The van der Waals surface area contributed by atoms with Crippen molar-refractivity contribution in [2.75, 3.05) is 13.2 Å². The van der Waals surface area contributed by atoms with Gasteiger partial charge in [-0.1, -0.05) is 27.7 Å². The fraction of sp³-hybridized carbons (Fsp3) is 0.667. The second-order valence-electron chi connectivity index (χ2n) is 7.61. The van der Waals surface area contributed by atoms with Gasteiger partial charge in [-0.15, -0.1) is 11.3 Å². The van der Waals surface area contributed by atoms with Gasteiger partial charge in [-0.2, -0.15) is 0 Å². The van der Waals surface area contributed by atoms with Gasteiger partial charge in [0.2, 0.25) is 15.9 Å². The topological polar surface area (TPSA) is 128 Å². The van der Waals surface area contributed by atoms with E-state index >= 15 is 0 Å². The molecule has 1 aromatic heterocycles. The summed E-state index contributed by atoms with van der Waals surface area (Å²) in [5, 5.41) is 10.9. The first kappa shape index (κ1) is 24.5. The number of thiophene rings is 1. The van der Waals surface area contributed by atoms with Crippen LogP contribution in [-0.4, -0.2) is 45.5 Å². The van der Waals surface area contributed by atoms with Crippen molar-refractivity contribution in [1.82, 2.24) is 10.6 Å². The predicted molar refractivity (Wildman–Crippen MR) is 110 cm³/mol. The summed E-state index contributed by atoms with van der Waals surface area (Å²) in [6.07, 6.45) is 0.00980. The van der Waals surface area contributed by atoms with Crippen LogP contribution in [-0.2, 0) is 19.6 Å². The molecular formula is C18H31N3O5S2. The lowest BCUT2D eigenvalue weighted by Gasteiger charge is -2.32. The molecule has 4 N–H and O–H groups in total. The fourth-order valence-corrected chi connectivity index (χ4v) is 4.39. The molecule has 0 aliphatic heterocycles. The van der Waals surface area contributed by atoms with E-state index in [1.165, 1.54) is 6.07 Å². The molecule has 0 spiro atoms. The third-order valence-corrected chi connectivity index (χ3v) is 6.90. The SMILES string of the molecule is CCOC(CC)C(=O)N[C@H](CNC(=O)c1sc(S(N)(=O)=O)cc1C)C(C)(C)C. The van der Waals surface area contributed by atoms with E-state index in [9.17, 15) is 18.0 Å². The highest BCUT2D eigenvalue weighted by Gasteiger charge is 2.30. The molecule has 1 aromatic rings. The number of rotatable bonds is 9. The number of nitrogens with two attached hydrogens (primary N) is 1. The highest BCUT2D eigenvalue weighted by molar-refractivity contribution is 7.91. The molecule has 1 heterocycles. The Morgan fingerprint density at radius 2 is 1.89 bits per heavy atom. The zero-order valence-electron chi connectivity index (χ0n) is 17.3. The van der Waals surface area contributed by atoms with Gasteiger partial charge in [-0.25, -0.2) is 13.6 Å². The molecule has 10 heteroatoms. The number of carbonyl (C=O) groups is 2. The first-order chi connectivity index (χ1) is 12.8. The quantitative estimate of drug-likeness (QED) is 0.547. The Hall–Kier alpha value is -1.49. The normalized spacial score (nSPS) is 14.4. The minimum atomic E-state index is -3.86. The molecule has 0 aromatic carbocycles. The highest BCUT2D eigenvalue weighted by atomic mass is 32.2. The molecular weight excluding hydrogens is 402 g/mol. The van der Waals surface area contributed by atoms with E-state index in [-0.39, 0.29) is 33.0 Å². The monoisotopic (exact) mass is 433 g/mol. The molecule has 0 saturated heterocycles. The smallest absolute Gasteiger partial charge is 0.261 e. The van der Waals surface area contributed by atoms with Crippen LogP contribution in [0, 0.1) is 12.3 Å². The first-order valence-electron chi connectivity index (χ1n) is 9.14. The molecule has 0 saturated carbocycles. The zero-order valence-corrected chi connectivity index (χ0v) is 18.9. The number of amides is 2. The van der Waals surface area contributed by atoms with Crippen molar-refractivity contribution in [3.05, 3.63) is 16.5 Å². The molecule has 1 unspecified atom stereocenters. The van der Waals surface area contributed by atoms with Crippen LogP contribution in [0.25, 0.3) is 0 Å². The molecule has 2 amide bonds. The van der Waals surface area contributed by atoms with Gasteiger partial charge in [0.25, 0.3) is 5.91 Å². The van der Waals surface area contributed by atoms with E-state index in [4.69, 9.17) is 9.88 Å². The average Bonchev–Trinajstić information content (AvgIpc) is 2.97. The van der Waals surface area contributed by atoms with Crippen LogP contribution in [0.3, 0.4) is 0 Å². The molecule has 8 nitrogen and oxygen atoms in total. The lowest BCUT2D eigenvalue weighted by molar-refractivity contribution is -0.134. The molecule has 0 fully saturated rings. The van der Waals surface area contributed by atoms with Crippen molar-refractivity contribution in [2.45, 2.75) is 64.3 Å². The Labute approximate surface area is 171 Å². The summed E-state index contributed by atoms with van der Waals surface area (Å²) in [6.45, 7) is 11.9. The van der Waals surface area contributed by atoms with Crippen molar-refractivity contribution in [2.24, 2.45) is 10.6 Å². The molecule has 28 heavy (non-hydrogen) atoms. The van der Waals surface area contributed by atoms with Crippen LogP contribution >= 0.6 is 11.3 Å². The van der Waals surface area contributed by atoms with Crippen molar-refractivity contribution >= 4 is 33.2 Å². The summed E-state index contributed by atoms with van der Waals surface area (Å²) in [7, 11) is -3.86. The van der Waals surface area contributed by atoms with E-state index in [1.54, 1.807) is 6.92 Å². The van der Waals surface area contributed by atoms with Gasteiger partial charge >= 0.3 is 0 Å². The summed E-state index contributed by atoms with van der Waals surface area (Å²) in [4.78, 5) is 25.3. The summed E-state index contributed by atoms with van der Waals surface area (Å²) in [5.74, 6) is -0.625. The van der Waals surface area contributed by atoms with Gasteiger partial charge in [0, 0.05) is 13.2 Å². The Morgan fingerprint density at radius 1 is 1.29 bits per heavy atom. The minimum Gasteiger partial charge on any atom is -0.369 e. The number of hydrogen-bond acceptors (Lipinski definition) is 6. The van der Waals surface area contributed by atoms with E-state index < -0.39 is 22.0 Å². The third kappa shape index (κ3) is 6.84. The number of hydrogen-bond donors (Lipinski definition) is 3. The number of nitrogens with one attached hydrogen (secondary N) is 2. The molecule has 0 aliphatic rings. The zero-order chi connectivity index (χ0) is 21.7. The summed E-state index contributed by atoms with van der Waals surface area (Å²) in [5.41, 5.74) is 0.217. The minimum absolute atomic E-state index is 0.0571. The number of ether oxygens (including phenoxy) is 1. The highest BCUT2D eigenvalue weighted by Crippen LogP contribution is 2.25. The maximum atomic E-state index is 12.5. The van der Waals surface area contributed by atoms with Gasteiger partial charge in [-0.05, 0) is 37.3 Å². The van der Waals surface area contributed by atoms with E-state index in [0.29, 0.717) is 18.6 Å². The molecule has 0 bridgehead atoms. The van der Waals surface area contributed by atoms with Gasteiger partial charge in [0.1, 0.15) is 10.3 Å². The Morgan fingerprint density at radius 3 is 2.32 bits per heavy atom. The van der Waals surface area contributed by atoms with Crippen LogP contribution in [0.2, 0.25) is 0 Å². The average molecular weight is 434 g/mol. The van der Waals surface area contributed by atoms with E-state index in [1.807, 2.05) is 34.6 Å². The molecule has 1 rings (SSSR count). The summed E-state index contributed by atoms with van der Waals surface area (Å²) in [6, 6.07) is 1.04. The van der Waals surface area contributed by atoms with Crippen LogP contribution < -0.4 is 15.8 Å². The van der Waals surface area contributed by atoms with Crippen LogP contribution in [0.5, 0.6) is 0 Å². The maximum absolute atomic E-state index is 12.5. The van der Waals surface area contributed by atoms with Crippen molar-refractivity contribution in [1.29, 1.82) is 0 Å². The number of carbonyl (C=O) groups excluding carboxylic acids is 2. The Bertz CT molecular complexity index is 797. The second-order valence-corrected chi connectivity index (χ2v) is 10.5. The predicted octanol–water partition coefficient (Wildman–Crippen LogP) is 1.78. The van der Waals surface area contributed by atoms with E-state index in [2.05, 4.69) is 10.6 Å². The van der Waals surface area contributed by atoms with E-state index in [0.717, 1.165) is 11.3 Å². The standard InChI is InChI=1S/C18H31N3O5S2/c1-7-12(26-8-2)16(22)21-13(18(4,5)6)10-20-17(23)15-11(3)9-14(27-15)28(19,24)25/h9,12-13H,7-8,10H2,1-6H3,(H,20,23)(H,21,22)(H2,19,24,25)/t12?,13-/m1/s1. The van der Waals surface area contributed by atoms with Gasteiger partial charge < -0.3 is 15.4 Å². The summed E-state index contributed by atoms with van der Waals surface area (Å²) < 4.78 is 28.4. The second kappa shape index (κ2) is 9.82. The molecule has 160 valence electrons. The Kier molecular flexibility index (Phi) is 8.61. The van der Waals surface area contributed by atoms with Crippen molar-refractivity contribution in [3.8, 4) is 0 Å². The maximum Gasteiger partial charge on any atom is 0.261 e. The number of sulfonamides is 1. The fourth-order valence-electron chi connectivity index (χ4n) is 2.51. The number of aryl methyl sites for hydroxylation is 1. The number of primary sulfonamides is 1. The lowest BCUT2D eigenvalue weighted by atomic mass is 9.86. The molecule has 0 aliphatic carbocycles. The first-order valence-corrected chi connectivity index (χ1v) is 11.5. The van der Waals surface area contributed by atoms with Crippen LogP contribution in [0.1, 0.15) is 56.3 Å². The van der Waals surface area contributed by atoms with Crippen molar-refractivity contribution < 1.29 is 22.7 Å².